The molecular weight excluding hydrogens is 464 g/mol. The molecule has 12 heteroatoms. The molecule has 4 N–H and O–H groups in total. The Kier molecular flexibility index (Phi) is 6.92. The van der Waals surface area contributed by atoms with E-state index in [0.29, 0.717) is 34.8 Å². The van der Waals surface area contributed by atoms with Crippen molar-refractivity contribution in [1.82, 2.24) is 4.31 Å². The second kappa shape index (κ2) is 9.13. The van der Waals surface area contributed by atoms with E-state index in [0.717, 1.165) is 4.31 Å². The molecule has 168 valence electrons. The molecule has 1 aliphatic heterocycles. The average Bonchev–Trinajstić information content (AvgIpc) is 2.70. The number of piperidine rings is 1. The molecule has 0 atom stereocenters. The summed E-state index contributed by atoms with van der Waals surface area (Å²) < 4.78 is 52.1. The van der Waals surface area contributed by atoms with Gasteiger partial charge in [0.05, 0.1) is 4.90 Å². The van der Waals surface area contributed by atoms with E-state index >= 15 is 0 Å². The van der Waals surface area contributed by atoms with Gasteiger partial charge in [-0.15, -0.1) is 0 Å². The zero-order valence-electron chi connectivity index (χ0n) is 16.7. The first kappa shape index (κ1) is 23.5. The molecule has 9 nitrogen and oxygen atoms in total. The molecule has 0 aromatic heterocycles. The van der Waals surface area contributed by atoms with Crippen LogP contribution in [0.5, 0.6) is 0 Å². The maximum Gasteiger partial charge on any atom is 0.276 e. The number of nitrogens with two attached hydrogens (primary N) is 1. The molecule has 0 unspecified atom stereocenters. The molecule has 0 radical (unpaired) electrons. The Morgan fingerprint density at radius 1 is 1.03 bits per heavy atom. The van der Waals surface area contributed by atoms with Crippen molar-refractivity contribution < 1.29 is 21.6 Å². The lowest BCUT2D eigenvalue weighted by Gasteiger charge is -2.29. The van der Waals surface area contributed by atoms with E-state index in [4.69, 9.17) is 16.7 Å². The molecule has 31 heavy (non-hydrogen) atoms. The van der Waals surface area contributed by atoms with Crippen molar-refractivity contribution in [1.29, 1.82) is 0 Å². The second-order valence-electron chi connectivity index (χ2n) is 7.30. The van der Waals surface area contributed by atoms with Crippen LogP contribution in [0.25, 0.3) is 0 Å². The number of anilines is 2. The van der Waals surface area contributed by atoms with Gasteiger partial charge in [-0.1, -0.05) is 17.7 Å². The summed E-state index contributed by atoms with van der Waals surface area (Å²) in [5.41, 5.74) is 1.21. The van der Waals surface area contributed by atoms with Crippen LogP contribution >= 0.6 is 11.6 Å². The number of aryl methyl sites for hydroxylation is 1. The number of rotatable bonds is 6. The normalized spacial score (nSPS) is 16.1. The lowest BCUT2D eigenvalue weighted by Crippen LogP contribution is -2.44. The Balaban J connectivity index is 1.72. The quantitative estimate of drug-likeness (QED) is 0.575. The van der Waals surface area contributed by atoms with Crippen LogP contribution in [0.4, 0.5) is 11.4 Å². The van der Waals surface area contributed by atoms with Crippen molar-refractivity contribution in [3.63, 3.8) is 0 Å². The number of carbonyl (C=O) groups excluding carboxylic acids is 1. The first-order chi connectivity index (χ1) is 14.5. The molecule has 1 saturated heterocycles. The Morgan fingerprint density at radius 3 is 2.19 bits per heavy atom. The highest BCUT2D eigenvalue weighted by Gasteiger charge is 2.29. The summed E-state index contributed by atoms with van der Waals surface area (Å²) in [4.78, 5) is 12.6. The average molecular weight is 487 g/mol. The van der Waals surface area contributed by atoms with Gasteiger partial charge in [0.15, 0.2) is 0 Å². The van der Waals surface area contributed by atoms with Gasteiger partial charge in [-0.25, -0.2) is 13.6 Å². The minimum absolute atomic E-state index is 0.0318. The SMILES string of the molecule is Cc1ccc(NC(=O)C2CCN(S(N)(=O)=O)CC2)cc1S(=O)(=O)Nc1ccc(Cl)cc1. The summed E-state index contributed by atoms with van der Waals surface area (Å²) in [6.07, 6.45) is 0.662. The number of carbonyl (C=O) groups is 1. The fourth-order valence-corrected chi connectivity index (χ4v) is 5.49. The molecular formula is C19H23ClN4O5S2. The monoisotopic (exact) mass is 486 g/mol. The third-order valence-corrected chi connectivity index (χ3v) is 7.89. The smallest absolute Gasteiger partial charge is 0.276 e. The van der Waals surface area contributed by atoms with E-state index in [1.807, 2.05) is 0 Å². The maximum absolute atomic E-state index is 12.8. The molecule has 1 amide bonds. The van der Waals surface area contributed by atoms with Gasteiger partial charge in [0, 0.05) is 35.4 Å². The molecule has 1 aliphatic rings. The molecule has 3 rings (SSSR count). The van der Waals surface area contributed by atoms with Crippen LogP contribution in [0.3, 0.4) is 0 Å². The zero-order chi connectivity index (χ0) is 22.8. The van der Waals surface area contributed by atoms with E-state index in [1.54, 1.807) is 43.3 Å². The van der Waals surface area contributed by atoms with Gasteiger partial charge in [-0.05, 0) is 61.7 Å². The number of benzene rings is 2. The molecule has 2 aromatic carbocycles. The van der Waals surface area contributed by atoms with Crippen LogP contribution < -0.4 is 15.2 Å². The molecule has 0 aliphatic carbocycles. The molecule has 1 heterocycles. The van der Waals surface area contributed by atoms with Crippen LogP contribution in [0.15, 0.2) is 47.4 Å². The Bertz CT molecular complexity index is 1180. The number of amides is 1. The number of hydrogen-bond acceptors (Lipinski definition) is 5. The number of nitrogens with one attached hydrogen (secondary N) is 2. The van der Waals surface area contributed by atoms with Gasteiger partial charge in [0.2, 0.25) is 5.91 Å². The number of nitrogens with zero attached hydrogens (tertiary/aromatic N) is 1. The summed E-state index contributed by atoms with van der Waals surface area (Å²) in [6.45, 7) is 1.98. The predicted molar refractivity (Wildman–Crippen MR) is 119 cm³/mol. The first-order valence-corrected chi connectivity index (χ1v) is 12.8. The summed E-state index contributed by atoms with van der Waals surface area (Å²) in [5, 5.41) is 8.33. The van der Waals surface area contributed by atoms with Gasteiger partial charge in [-0.3, -0.25) is 9.52 Å². The molecule has 2 aromatic rings. The van der Waals surface area contributed by atoms with Gasteiger partial charge >= 0.3 is 0 Å². The van der Waals surface area contributed by atoms with Crippen molar-refractivity contribution in [3.8, 4) is 0 Å². The number of halogens is 1. The van der Waals surface area contributed by atoms with E-state index in [-0.39, 0.29) is 23.9 Å². The summed E-state index contributed by atoms with van der Waals surface area (Å²) in [5.74, 6) is -0.696. The van der Waals surface area contributed by atoms with Gasteiger partial charge in [0.1, 0.15) is 0 Å². The van der Waals surface area contributed by atoms with Crippen molar-refractivity contribution in [2.24, 2.45) is 11.1 Å². The molecule has 1 fully saturated rings. The number of sulfonamides is 1. The van der Waals surface area contributed by atoms with E-state index in [9.17, 15) is 21.6 Å². The molecule has 0 saturated carbocycles. The third kappa shape index (κ3) is 5.95. The fourth-order valence-electron chi connectivity index (χ4n) is 3.31. The van der Waals surface area contributed by atoms with Crippen molar-refractivity contribution in [2.45, 2.75) is 24.7 Å². The minimum Gasteiger partial charge on any atom is -0.326 e. The Labute approximate surface area is 186 Å². The van der Waals surface area contributed by atoms with Crippen LogP contribution in [0.2, 0.25) is 5.02 Å². The topological polar surface area (TPSA) is 139 Å². The molecule has 0 spiro atoms. The standard InChI is InChI=1S/C19H23ClN4O5S2/c1-13-2-5-17(22-19(25)14-8-10-24(11-9-14)31(21,28)29)12-18(13)30(26,27)23-16-6-3-15(20)4-7-16/h2-7,12,14,23H,8-11H2,1H3,(H,22,25)(H2,21,28,29). The molecule has 0 bridgehead atoms. The minimum atomic E-state index is -3.90. The largest absolute Gasteiger partial charge is 0.326 e. The van der Waals surface area contributed by atoms with Crippen molar-refractivity contribution in [3.05, 3.63) is 53.1 Å². The number of hydrogen-bond donors (Lipinski definition) is 3. The lowest BCUT2D eigenvalue weighted by molar-refractivity contribution is -0.120. The predicted octanol–water partition coefficient (Wildman–Crippen LogP) is 2.30. The van der Waals surface area contributed by atoms with Crippen molar-refractivity contribution >= 4 is 49.1 Å². The van der Waals surface area contributed by atoms with Gasteiger partial charge < -0.3 is 5.32 Å². The van der Waals surface area contributed by atoms with E-state index in [2.05, 4.69) is 10.0 Å². The van der Waals surface area contributed by atoms with E-state index in [1.165, 1.54) is 6.07 Å². The highest BCUT2D eigenvalue weighted by Crippen LogP contribution is 2.25. The highest BCUT2D eigenvalue weighted by molar-refractivity contribution is 7.92. The third-order valence-electron chi connectivity index (χ3n) is 5.03. The van der Waals surface area contributed by atoms with Crippen LogP contribution in [-0.4, -0.2) is 40.1 Å². The maximum atomic E-state index is 12.8. The van der Waals surface area contributed by atoms with Crippen LogP contribution in [-0.2, 0) is 25.0 Å². The fraction of sp³-hybridized carbons (Fsp3) is 0.316. The summed E-state index contributed by atoms with van der Waals surface area (Å²) in [7, 11) is -7.66. The van der Waals surface area contributed by atoms with Crippen LogP contribution in [0, 0.1) is 12.8 Å². The Morgan fingerprint density at radius 2 is 1.61 bits per heavy atom. The van der Waals surface area contributed by atoms with E-state index < -0.39 is 26.2 Å². The lowest BCUT2D eigenvalue weighted by atomic mass is 9.97. The van der Waals surface area contributed by atoms with Crippen molar-refractivity contribution in [2.75, 3.05) is 23.1 Å². The second-order valence-corrected chi connectivity index (χ2v) is 10.9. The first-order valence-electron chi connectivity index (χ1n) is 9.43. The highest BCUT2D eigenvalue weighted by atomic mass is 35.5. The van der Waals surface area contributed by atoms with Gasteiger partial charge in [0.25, 0.3) is 20.2 Å². The van der Waals surface area contributed by atoms with Crippen LogP contribution in [0.1, 0.15) is 18.4 Å². The Hall–Kier alpha value is -2.18. The zero-order valence-corrected chi connectivity index (χ0v) is 19.1. The van der Waals surface area contributed by atoms with Gasteiger partial charge in [-0.2, -0.15) is 12.7 Å². The summed E-state index contributed by atoms with van der Waals surface area (Å²) >= 11 is 5.83. The summed E-state index contributed by atoms with van der Waals surface area (Å²) in [6, 6.07) is 10.9.